The molecule has 0 radical (unpaired) electrons. The molecule has 0 atom stereocenters. The van der Waals surface area contributed by atoms with E-state index in [1.807, 2.05) is 24.3 Å². The van der Waals surface area contributed by atoms with Crippen LogP contribution in [0.25, 0.3) is 33.4 Å². The smallest absolute Gasteiger partial charge is 0.252 e. The number of benzene rings is 9. The lowest BCUT2D eigenvalue weighted by atomic mass is 9.33. The molecule has 4 heteroatoms. The molecule has 63 heavy (non-hydrogen) atoms. The van der Waals surface area contributed by atoms with Crippen LogP contribution in [0.15, 0.2) is 200 Å². The first kappa shape index (κ1) is 31.7. The Morgan fingerprint density at radius 3 is 1.76 bits per heavy atom. The lowest BCUT2D eigenvalue weighted by Crippen LogP contribution is -2.77. The molecule has 9 aromatic carbocycles. The second-order valence-electron chi connectivity index (χ2n) is 18.4. The van der Waals surface area contributed by atoms with E-state index in [1.165, 1.54) is 31.9 Å². The van der Waals surface area contributed by atoms with Crippen LogP contribution in [-0.2, 0) is 5.41 Å². The molecule has 0 fully saturated rings. The first-order valence-corrected chi connectivity index (χ1v) is 24.0. The van der Waals surface area contributed by atoms with Crippen molar-refractivity contribution in [3.05, 3.63) is 211 Å². The van der Waals surface area contributed by atoms with E-state index in [2.05, 4.69) is 194 Å². The third-order valence-corrected chi connectivity index (χ3v) is 19.0. The van der Waals surface area contributed by atoms with Gasteiger partial charge in [-0.3, -0.25) is 0 Å². The maximum atomic E-state index is 10.3. The van der Waals surface area contributed by atoms with E-state index in [-0.39, 0.29) is 23.1 Å². The topological polar surface area (TPSA) is 6.48 Å². The van der Waals surface area contributed by atoms with Crippen LogP contribution in [0, 0.1) is 6.85 Å². The molecule has 4 aliphatic rings. The van der Waals surface area contributed by atoms with Gasteiger partial charge in [-0.1, -0.05) is 185 Å². The Hall–Kier alpha value is -7.14. The molecular weight excluding hydrogens is 776 g/mol. The van der Waals surface area contributed by atoms with Gasteiger partial charge in [0.15, 0.2) is 8.07 Å². The summed E-state index contributed by atoms with van der Waals surface area (Å²) in [6.07, 6.45) is 0. The first-order chi connectivity index (χ1) is 32.9. The Morgan fingerprint density at radius 2 is 1.06 bits per heavy atom. The summed E-state index contributed by atoms with van der Waals surface area (Å²) in [5.41, 5.74) is 14.9. The predicted octanol–water partition coefficient (Wildman–Crippen LogP) is 10.4. The Morgan fingerprint density at radius 1 is 0.460 bits per heavy atom. The van der Waals surface area contributed by atoms with Gasteiger partial charge in [0, 0.05) is 38.1 Å². The van der Waals surface area contributed by atoms with Crippen molar-refractivity contribution in [1.29, 1.82) is 0 Å². The number of rotatable bonds is 3. The Kier molecular flexibility index (Phi) is 6.63. The van der Waals surface area contributed by atoms with Crippen LogP contribution in [-0.4, -0.2) is 14.8 Å². The van der Waals surface area contributed by atoms with Gasteiger partial charge in [0.25, 0.3) is 6.71 Å². The van der Waals surface area contributed by atoms with Crippen molar-refractivity contribution in [2.75, 3.05) is 9.80 Å². The molecule has 0 bridgehead atoms. The van der Waals surface area contributed by atoms with E-state index in [9.17, 15) is 2.74 Å². The molecule has 0 aliphatic carbocycles. The fraction of sp³-hybridized carbons (Fsp3) is 0.0847. The summed E-state index contributed by atoms with van der Waals surface area (Å²) in [4.78, 5) is 4.40. The van der Waals surface area contributed by atoms with Crippen molar-refractivity contribution < 1.29 is 6.85 Å². The minimum Gasteiger partial charge on any atom is -0.312 e. The van der Waals surface area contributed by atoms with E-state index >= 15 is 0 Å². The molecule has 0 saturated heterocycles. The zero-order chi connectivity index (χ0) is 46.4. The molecule has 0 amide bonds. The number of anilines is 6. The zero-order valence-corrected chi connectivity index (χ0v) is 36.4. The molecule has 4 aliphatic heterocycles. The average Bonchev–Trinajstić information content (AvgIpc) is 3.64. The maximum Gasteiger partial charge on any atom is 0.252 e. The van der Waals surface area contributed by atoms with Crippen LogP contribution in [0.1, 0.15) is 38.8 Å². The number of para-hydroxylation sites is 2. The highest BCUT2D eigenvalue weighted by molar-refractivity contribution is 7.24. The van der Waals surface area contributed by atoms with Crippen LogP contribution in [0.5, 0.6) is 0 Å². The third-order valence-electron chi connectivity index (χ3n) is 14.1. The van der Waals surface area contributed by atoms with Crippen LogP contribution >= 0.6 is 0 Å². The molecule has 0 unspecified atom stereocenters. The van der Waals surface area contributed by atoms with Crippen molar-refractivity contribution >= 4 is 86.0 Å². The van der Waals surface area contributed by atoms with Gasteiger partial charge in [-0.25, -0.2) is 0 Å². The highest BCUT2D eigenvalue weighted by Crippen LogP contribution is 2.49. The Bertz CT molecular complexity index is 3560. The molecule has 1 spiro atoms. The summed E-state index contributed by atoms with van der Waals surface area (Å²) in [5.74, 6) is 0. The molecule has 0 aromatic heterocycles. The lowest BCUT2D eigenvalue weighted by Gasteiger charge is -2.50. The Labute approximate surface area is 378 Å². The minimum atomic E-state index is -3.04. The fourth-order valence-corrected chi connectivity index (χ4v) is 17.0. The molecular formula is C59H45BN2Si. The fourth-order valence-electron chi connectivity index (χ4n) is 11.5. The zero-order valence-electron chi connectivity index (χ0n) is 40.4. The van der Waals surface area contributed by atoms with Crippen molar-refractivity contribution in [2.24, 2.45) is 0 Å². The predicted molar refractivity (Wildman–Crippen MR) is 271 cm³/mol. The number of nitrogens with zero attached hydrogens (tertiary/aromatic N) is 2. The second kappa shape index (κ2) is 13.2. The van der Waals surface area contributed by atoms with Gasteiger partial charge in [-0.2, -0.15) is 0 Å². The van der Waals surface area contributed by atoms with E-state index in [0.717, 1.165) is 67.0 Å². The maximum absolute atomic E-state index is 10.3. The quantitative estimate of drug-likeness (QED) is 0.164. The van der Waals surface area contributed by atoms with Gasteiger partial charge in [0.1, 0.15) is 0 Å². The molecule has 4 heterocycles. The van der Waals surface area contributed by atoms with Crippen LogP contribution in [0.4, 0.5) is 34.1 Å². The lowest BCUT2D eigenvalue weighted by molar-refractivity contribution is 0.590. The van der Waals surface area contributed by atoms with Gasteiger partial charge < -0.3 is 9.80 Å². The SMILES string of the molecule is [2H]c1c2c3c(c([2H])c1C([2H])([2H])[2H])N1c4ccccc4[Si]4(c5ccccc5-c5ccccc54)c4cccc(c41)B3c1cc(-c3ccccc3)ccc1N2c1ccc(C(C)(C)C)cc1-c1ccccc1. The van der Waals surface area contributed by atoms with Crippen molar-refractivity contribution in [1.82, 2.24) is 0 Å². The summed E-state index contributed by atoms with van der Waals surface area (Å²) in [6.45, 7) is 3.43. The second-order valence-corrected chi connectivity index (χ2v) is 22.1. The number of fused-ring (bicyclic) bond motifs is 13. The number of hydrogen-bond acceptors (Lipinski definition) is 2. The summed E-state index contributed by atoms with van der Waals surface area (Å²) in [7, 11) is -3.04. The first-order valence-electron chi connectivity index (χ1n) is 24.5. The van der Waals surface area contributed by atoms with Crippen LogP contribution in [0.2, 0.25) is 0 Å². The van der Waals surface area contributed by atoms with Gasteiger partial charge in [0.2, 0.25) is 0 Å². The summed E-state index contributed by atoms with van der Waals surface area (Å²) in [5, 5.41) is 5.08. The van der Waals surface area contributed by atoms with Gasteiger partial charge in [-0.15, -0.1) is 0 Å². The van der Waals surface area contributed by atoms with Gasteiger partial charge >= 0.3 is 0 Å². The van der Waals surface area contributed by atoms with Gasteiger partial charge in [-0.05, 0) is 125 Å². The third kappa shape index (κ3) is 4.96. The van der Waals surface area contributed by atoms with Crippen molar-refractivity contribution in [3.63, 3.8) is 0 Å². The highest BCUT2D eigenvalue weighted by Gasteiger charge is 2.56. The van der Waals surface area contributed by atoms with Crippen molar-refractivity contribution in [3.8, 4) is 33.4 Å². The molecule has 298 valence electrons. The molecule has 0 N–H and O–H groups in total. The molecule has 13 rings (SSSR count). The Balaban J connectivity index is 1.21. The van der Waals surface area contributed by atoms with Crippen LogP contribution < -0.4 is 46.9 Å². The van der Waals surface area contributed by atoms with E-state index in [0.29, 0.717) is 11.4 Å². The molecule has 2 nitrogen and oxygen atoms in total. The molecule has 9 aromatic rings. The minimum absolute atomic E-state index is 0.132. The summed E-state index contributed by atoms with van der Waals surface area (Å²) >= 11 is 0. The van der Waals surface area contributed by atoms with Gasteiger partial charge in [0.05, 0.1) is 8.43 Å². The monoisotopic (exact) mass is 825 g/mol. The van der Waals surface area contributed by atoms with E-state index in [4.69, 9.17) is 4.11 Å². The normalized spacial score (nSPS) is 15.7. The highest BCUT2D eigenvalue weighted by atomic mass is 28.3. The summed E-state index contributed by atoms with van der Waals surface area (Å²) < 4.78 is 48.1. The van der Waals surface area contributed by atoms with E-state index in [1.54, 1.807) is 0 Å². The van der Waals surface area contributed by atoms with Crippen LogP contribution in [0.3, 0.4) is 0 Å². The van der Waals surface area contributed by atoms with E-state index < -0.39 is 21.6 Å². The largest absolute Gasteiger partial charge is 0.312 e. The standard InChI is InChI=1S/C59H45BN2Si/c1-38-34-51-57-52(35-38)62-50-25-13-16-28-55(50)63(53-26-14-11-22-43(53)44-23-12-15-27-54(44)63)56-29-17-24-46(58(56)62)60(57)47-36-41(39-18-7-5-8-19-39)30-32-49(47)61(51)48-33-31-42(59(2,3)4)37-45(48)40-20-9-6-10-21-40/h5-37H,1-4H3/i1D3,34D,35D. The average molecular weight is 826 g/mol. The molecule has 0 saturated carbocycles. The number of hydrogen-bond donors (Lipinski definition) is 0. The van der Waals surface area contributed by atoms with Crippen molar-refractivity contribution in [2.45, 2.75) is 33.0 Å². The summed E-state index contributed by atoms with van der Waals surface area (Å²) in [6, 6.07) is 67.0.